The molecule has 2 N–H and O–H groups in total. The number of aromatic nitrogens is 2. The number of pyridine rings is 1. The van der Waals surface area contributed by atoms with Crippen molar-refractivity contribution in [1.29, 1.82) is 0 Å². The van der Waals surface area contributed by atoms with Gasteiger partial charge in [-0.05, 0) is 18.6 Å². The number of carbonyl (C=O) groups is 2. The van der Waals surface area contributed by atoms with Gasteiger partial charge >= 0.3 is 5.97 Å². The molecule has 2 heterocycles. The molecule has 0 fully saturated rings. The van der Waals surface area contributed by atoms with E-state index in [9.17, 15) is 9.59 Å². The van der Waals surface area contributed by atoms with E-state index in [1.807, 2.05) is 17.5 Å². The van der Waals surface area contributed by atoms with Crippen LogP contribution in [-0.2, 0) is 16.0 Å². The summed E-state index contributed by atoms with van der Waals surface area (Å²) in [6.07, 6.45) is 4.75. The quantitative estimate of drug-likeness (QED) is 0.777. The molecule has 0 aliphatic carbocycles. The van der Waals surface area contributed by atoms with Crippen LogP contribution in [0.4, 0.5) is 0 Å². The number of carbonyl (C=O) groups excluding carboxylic acids is 1. The molecule has 2 aromatic rings. The minimum atomic E-state index is -0.876. The van der Waals surface area contributed by atoms with E-state index in [1.165, 1.54) is 0 Å². The van der Waals surface area contributed by atoms with Crippen molar-refractivity contribution in [3.63, 3.8) is 0 Å². The molecule has 22 heavy (non-hydrogen) atoms. The van der Waals surface area contributed by atoms with Crippen LogP contribution in [0.15, 0.2) is 29.9 Å². The Hall–Kier alpha value is -2.28. The average Bonchev–Trinajstić information content (AvgIpc) is 2.97. The average molecular weight is 319 g/mol. The molecule has 0 saturated heterocycles. The van der Waals surface area contributed by atoms with Crippen molar-refractivity contribution in [3.05, 3.63) is 35.6 Å². The van der Waals surface area contributed by atoms with Gasteiger partial charge in [-0.1, -0.05) is 0 Å². The Morgan fingerprint density at radius 3 is 2.73 bits per heavy atom. The van der Waals surface area contributed by atoms with Gasteiger partial charge in [0.25, 0.3) is 0 Å². The smallest absolute Gasteiger partial charge is 0.303 e. The first-order valence-electron chi connectivity index (χ1n) is 6.98. The summed E-state index contributed by atoms with van der Waals surface area (Å²) in [6, 6.07) is 3.82. The summed E-state index contributed by atoms with van der Waals surface area (Å²) in [5.74, 6) is -0.996. The van der Waals surface area contributed by atoms with Crippen LogP contribution in [0.25, 0.3) is 10.6 Å². The van der Waals surface area contributed by atoms with Gasteiger partial charge in [0.15, 0.2) is 0 Å². The molecule has 0 saturated carbocycles. The number of aliphatic carboxylic acids is 1. The lowest BCUT2D eigenvalue weighted by molar-refractivity contribution is -0.137. The summed E-state index contributed by atoms with van der Waals surface area (Å²) in [5.41, 5.74) is 1.96. The van der Waals surface area contributed by atoms with Crippen molar-refractivity contribution >= 4 is 23.2 Å². The van der Waals surface area contributed by atoms with Crippen LogP contribution in [0.5, 0.6) is 0 Å². The minimum absolute atomic E-state index is 0.0226. The Morgan fingerprint density at radius 2 is 2.00 bits per heavy atom. The zero-order valence-electron chi connectivity index (χ0n) is 12.0. The standard InChI is InChI=1S/C15H17N3O3S/c19-13(2-1-3-14(20)21)17-9-6-12-10-22-15(18-12)11-4-7-16-8-5-11/h4-5,7-8,10H,1-3,6,9H2,(H,17,19)(H,20,21). The Bertz CT molecular complexity index is 628. The summed E-state index contributed by atoms with van der Waals surface area (Å²) in [6.45, 7) is 0.505. The van der Waals surface area contributed by atoms with Crippen molar-refractivity contribution < 1.29 is 14.7 Å². The van der Waals surface area contributed by atoms with Crippen LogP contribution in [0.3, 0.4) is 0 Å². The molecule has 1 amide bonds. The molecule has 6 nitrogen and oxygen atoms in total. The summed E-state index contributed by atoms with van der Waals surface area (Å²) in [7, 11) is 0. The molecule has 0 spiro atoms. The monoisotopic (exact) mass is 319 g/mol. The summed E-state index contributed by atoms with van der Waals surface area (Å²) < 4.78 is 0. The number of hydrogen-bond acceptors (Lipinski definition) is 5. The van der Waals surface area contributed by atoms with E-state index in [1.54, 1.807) is 23.7 Å². The number of nitrogens with zero attached hydrogens (tertiary/aromatic N) is 2. The largest absolute Gasteiger partial charge is 0.481 e. The van der Waals surface area contributed by atoms with Crippen LogP contribution >= 0.6 is 11.3 Å². The molecule has 0 unspecified atom stereocenters. The van der Waals surface area contributed by atoms with Crippen molar-refractivity contribution in [2.24, 2.45) is 0 Å². The van der Waals surface area contributed by atoms with E-state index >= 15 is 0 Å². The summed E-state index contributed by atoms with van der Waals surface area (Å²) in [5, 5.41) is 14.2. The molecule has 0 aliphatic heterocycles. The van der Waals surface area contributed by atoms with Crippen LogP contribution < -0.4 is 5.32 Å². The lowest BCUT2D eigenvalue weighted by Gasteiger charge is -2.03. The van der Waals surface area contributed by atoms with Crippen molar-refractivity contribution in [2.75, 3.05) is 6.54 Å². The topological polar surface area (TPSA) is 92.2 Å². The molecule has 0 atom stereocenters. The van der Waals surface area contributed by atoms with Crippen molar-refractivity contribution in [2.45, 2.75) is 25.7 Å². The second-order valence-corrected chi connectivity index (χ2v) is 5.59. The van der Waals surface area contributed by atoms with Gasteiger partial charge < -0.3 is 10.4 Å². The number of carboxylic acid groups (broad SMARTS) is 1. The lowest BCUT2D eigenvalue weighted by Crippen LogP contribution is -2.25. The van der Waals surface area contributed by atoms with E-state index < -0.39 is 5.97 Å². The van der Waals surface area contributed by atoms with Crippen molar-refractivity contribution in [3.8, 4) is 10.6 Å². The number of hydrogen-bond donors (Lipinski definition) is 2. The number of rotatable bonds is 8. The number of amides is 1. The minimum Gasteiger partial charge on any atom is -0.481 e. The first kappa shape index (κ1) is 16.1. The number of thiazole rings is 1. The molecule has 116 valence electrons. The zero-order valence-corrected chi connectivity index (χ0v) is 12.8. The van der Waals surface area contributed by atoms with E-state index in [-0.39, 0.29) is 18.7 Å². The Labute approximate surface area is 132 Å². The van der Waals surface area contributed by atoms with Crippen LogP contribution in [0.1, 0.15) is 25.0 Å². The maximum absolute atomic E-state index is 11.5. The van der Waals surface area contributed by atoms with Gasteiger partial charge in [-0.15, -0.1) is 11.3 Å². The Kier molecular flexibility index (Phi) is 6.02. The van der Waals surface area contributed by atoms with Gasteiger partial charge in [0.2, 0.25) is 5.91 Å². The van der Waals surface area contributed by atoms with E-state index in [4.69, 9.17) is 5.11 Å². The third-order valence-corrected chi connectivity index (χ3v) is 3.92. The predicted molar refractivity (Wildman–Crippen MR) is 83.5 cm³/mol. The third kappa shape index (κ3) is 5.25. The zero-order chi connectivity index (χ0) is 15.8. The normalized spacial score (nSPS) is 10.4. The molecular weight excluding hydrogens is 302 g/mol. The fourth-order valence-electron chi connectivity index (χ4n) is 1.87. The maximum atomic E-state index is 11.5. The Balaban J connectivity index is 1.73. The van der Waals surface area contributed by atoms with Crippen LogP contribution in [0.2, 0.25) is 0 Å². The number of carboxylic acids is 1. The highest BCUT2D eigenvalue weighted by molar-refractivity contribution is 7.13. The van der Waals surface area contributed by atoms with E-state index in [2.05, 4.69) is 15.3 Å². The number of nitrogens with one attached hydrogen (secondary N) is 1. The Morgan fingerprint density at radius 1 is 1.23 bits per heavy atom. The van der Waals surface area contributed by atoms with Crippen LogP contribution in [0, 0.1) is 0 Å². The second-order valence-electron chi connectivity index (χ2n) is 4.73. The van der Waals surface area contributed by atoms with Gasteiger partial charge in [-0.3, -0.25) is 14.6 Å². The fourth-order valence-corrected chi connectivity index (χ4v) is 2.73. The first-order chi connectivity index (χ1) is 10.6. The summed E-state index contributed by atoms with van der Waals surface area (Å²) >= 11 is 1.56. The summed E-state index contributed by atoms with van der Waals surface area (Å²) in [4.78, 5) is 30.4. The molecule has 0 aliphatic rings. The molecular formula is C15H17N3O3S. The molecule has 0 radical (unpaired) electrons. The van der Waals surface area contributed by atoms with Gasteiger partial charge in [0, 0.05) is 49.1 Å². The third-order valence-electron chi connectivity index (χ3n) is 2.98. The molecule has 2 aromatic heterocycles. The maximum Gasteiger partial charge on any atom is 0.303 e. The van der Waals surface area contributed by atoms with E-state index in [0.717, 1.165) is 16.3 Å². The second kappa shape index (κ2) is 8.23. The molecule has 0 bridgehead atoms. The highest BCUT2D eigenvalue weighted by Gasteiger charge is 2.06. The molecule has 7 heteroatoms. The molecule has 0 aromatic carbocycles. The first-order valence-corrected chi connectivity index (χ1v) is 7.86. The fraction of sp³-hybridized carbons (Fsp3) is 0.333. The SMILES string of the molecule is O=C(O)CCCC(=O)NCCc1csc(-c2ccncc2)n1. The predicted octanol–water partition coefficient (Wildman–Crippen LogP) is 2.12. The lowest BCUT2D eigenvalue weighted by atomic mass is 10.2. The van der Waals surface area contributed by atoms with Gasteiger partial charge in [0.1, 0.15) is 5.01 Å². The molecule has 2 rings (SSSR count). The van der Waals surface area contributed by atoms with E-state index in [0.29, 0.717) is 19.4 Å². The highest BCUT2D eigenvalue weighted by atomic mass is 32.1. The van der Waals surface area contributed by atoms with Gasteiger partial charge in [-0.2, -0.15) is 0 Å². The van der Waals surface area contributed by atoms with Gasteiger partial charge in [-0.25, -0.2) is 4.98 Å². The van der Waals surface area contributed by atoms with Crippen LogP contribution in [-0.4, -0.2) is 33.5 Å². The van der Waals surface area contributed by atoms with Crippen molar-refractivity contribution in [1.82, 2.24) is 15.3 Å². The highest BCUT2D eigenvalue weighted by Crippen LogP contribution is 2.22. The van der Waals surface area contributed by atoms with Gasteiger partial charge in [0.05, 0.1) is 5.69 Å².